The van der Waals surface area contributed by atoms with Crippen LogP contribution in [0.25, 0.3) is 0 Å². The summed E-state index contributed by atoms with van der Waals surface area (Å²) in [6, 6.07) is 2.77. The van der Waals surface area contributed by atoms with Gasteiger partial charge in [-0.1, -0.05) is 24.9 Å². The highest BCUT2D eigenvalue weighted by molar-refractivity contribution is 7.89. The van der Waals surface area contributed by atoms with Gasteiger partial charge in [0.2, 0.25) is 10.0 Å². The van der Waals surface area contributed by atoms with Crippen LogP contribution < -0.4 is 9.46 Å². The molecule has 20 heavy (non-hydrogen) atoms. The van der Waals surface area contributed by atoms with E-state index < -0.39 is 22.0 Å². The van der Waals surface area contributed by atoms with Gasteiger partial charge < -0.3 is 9.84 Å². The number of hydrogen-bond donors (Lipinski definition) is 2. The summed E-state index contributed by atoms with van der Waals surface area (Å²) >= 11 is 5.86. The molecule has 1 unspecified atom stereocenters. The molecule has 2 N–H and O–H groups in total. The van der Waals surface area contributed by atoms with Crippen molar-refractivity contribution in [3.8, 4) is 5.75 Å². The number of halogens is 1. The Labute approximate surface area is 122 Å². The van der Waals surface area contributed by atoms with E-state index in [2.05, 4.69) is 4.72 Å². The van der Waals surface area contributed by atoms with Crippen molar-refractivity contribution in [1.82, 2.24) is 4.72 Å². The summed E-state index contributed by atoms with van der Waals surface area (Å²) in [5.74, 6) is -0.871. The van der Waals surface area contributed by atoms with Gasteiger partial charge in [-0.25, -0.2) is 8.42 Å². The molecule has 0 radical (unpaired) electrons. The largest absolute Gasteiger partial charge is 0.495 e. The zero-order valence-electron chi connectivity index (χ0n) is 11.1. The number of carboxylic acids is 1. The first-order valence-corrected chi connectivity index (χ1v) is 7.76. The lowest BCUT2D eigenvalue weighted by Crippen LogP contribution is -2.40. The molecule has 0 aliphatic carbocycles. The average molecular weight is 322 g/mol. The quantitative estimate of drug-likeness (QED) is 0.800. The van der Waals surface area contributed by atoms with Gasteiger partial charge in [0.05, 0.1) is 17.0 Å². The fraction of sp³-hybridized carbons (Fsp3) is 0.417. The van der Waals surface area contributed by atoms with Crippen molar-refractivity contribution in [2.24, 2.45) is 0 Å². The minimum absolute atomic E-state index is 0.106. The van der Waals surface area contributed by atoms with E-state index in [-0.39, 0.29) is 16.3 Å². The number of ether oxygens (including phenoxy) is 1. The minimum Gasteiger partial charge on any atom is -0.495 e. The topological polar surface area (TPSA) is 92.7 Å². The monoisotopic (exact) mass is 321 g/mol. The van der Waals surface area contributed by atoms with Crippen LogP contribution in [0.3, 0.4) is 0 Å². The van der Waals surface area contributed by atoms with E-state index in [0.29, 0.717) is 12.2 Å². The third-order valence-electron chi connectivity index (χ3n) is 2.61. The number of nitrogens with one attached hydrogen (secondary N) is 1. The smallest absolute Gasteiger partial charge is 0.321 e. The lowest BCUT2D eigenvalue weighted by molar-refractivity contribution is -0.139. The number of rotatable bonds is 7. The van der Waals surface area contributed by atoms with Crippen LogP contribution in [-0.4, -0.2) is 32.6 Å². The second-order valence-corrected chi connectivity index (χ2v) is 6.22. The Hall–Kier alpha value is -1.31. The average Bonchev–Trinajstić information content (AvgIpc) is 2.37. The van der Waals surface area contributed by atoms with Crippen molar-refractivity contribution in [2.45, 2.75) is 30.7 Å². The molecule has 0 aliphatic rings. The van der Waals surface area contributed by atoms with Gasteiger partial charge in [-0.15, -0.1) is 0 Å². The molecule has 0 aliphatic heterocycles. The second kappa shape index (κ2) is 6.92. The van der Waals surface area contributed by atoms with E-state index in [1.807, 2.05) is 0 Å². The number of benzene rings is 1. The maximum atomic E-state index is 12.1. The summed E-state index contributed by atoms with van der Waals surface area (Å²) in [7, 11) is -2.53. The van der Waals surface area contributed by atoms with Gasteiger partial charge in [-0.3, -0.25) is 4.79 Å². The molecule has 1 rings (SSSR count). The van der Waals surface area contributed by atoms with Crippen LogP contribution in [0.5, 0.6) is 5.75 Å². The Kier molecular flexibility index (Phi) is 5.79. The number of sulfonamides is 1. The summed E-state index contributed by atoms with van der Waals surface area (Å²) in [5.41, 5.74) is 0. The molecule has 1 aromatic rings. The SMILES string of the molecule is CCCC(NS(=O)(=O)c1ccc(OC)c(Cl)c1)C(=O)O. The molecule has 0 amide bonds. The summed E-state index contributed by atoms with van der Waals surface area (Å²) in [6.07, 6.45) is 0.751. The molecule has 8 heteroatoms. The highest BCUT2D eigenvalue weighted by Crippen LogP contribution is 2.27. The van der Waals surface area contributed by atoms with Crippen molar-refractivity contribution >= 4 is 27.6 Å². The van der Waals surface area contributed by atoms with Gasteiger partial charge in [-0.05, 0) is 24.6 Å². The molecule has 0 heterocycles. The van der Waals surface area contributed by atoms with Gasteiger partial charge in [-0.2, -0.15) is 4.72 Å². The van der Waals surface area contributed by atoms with Crippen LogP contribution in [0.2, 0.25) is 5.02 Å². The van der Waals surface area contributed by atoms with E-state index in [1.165, 1.54) is 25.3 Å². The third kappa shape index (κ3) is 4.09. The number of carboxylic acid groups (broad SMARTS) is 1. The Morgan fingerprint density at radius 2 is 2.15 bits per heavy atom. The van der Waals surface area contributed by atoms with Crippen LogP contribution in [0.1, 0.15) is 19.8 Å². The van der Waals surface area contributed by atoms with Crippen molar-refractivity contribution in [3.63, 3.8) is 0 Å². The fourth-order valence-corrected chi connectivity index (χ4v) is 3.16. The lowest BCUT2D eigenvalue weighted by Gasteiger charge is -2.14. The molecule has 6 nitrogen and oxygen atoms in total. The zero-order chi connectivity index (χ0) is 15.3. The minimum atomic E-state index is -3.95. The highest BCUT2D eigenvalue weighted by atomic mass is 35.5. The second-order valence-electron chi connectivity index (χ2n) is 4.10. The normalized spacial score (nSPS) is 12.9. The number of aliphatic carboxylic acids is 1. The van der Waals surface area contributed by atoms with Crippen LogP contribution in [0.15, 0.2) is 23.1 Å². The zero-order valence-corrected chi connectivity index (χ0v) is 12.7. The molecule has 0 aromatic heterocycles. The first-order valence-electron chi connectivity index (χ1n) is 5.90. The Morgan fingerprint density at radius 1 is 1.50 bits per heavy atom. The summed E-state index contributed by atoms with van der Waals surface area (Å²) in [4.78, 5) is 10.9. The van der Waals surface area contributed by atoms with Crippen LogP contribution >= 0.6 is 11.6 Å². The van der Waals surface area contributed by atoms with Gasteiger partial charge >= 0.3 is 5.97 Å². The molecule has 0 bridgehead atoms. The number of carbonyl (C=O) groups is 1. The van der Waals surface area contributed by atoms with E-state index in [9.17, 15) is 13.2 Å². The maximum Gasteiger partial charge on any atom is 0.321 e. The summed E-state index contributed by atoms with van der Waals surface area (Å²) < 4.78 is 31.3. The van der Waals surface area contributed by atoms with Gasteiger partial charge in [0, 0.05) is 0 Å². The maximum absolute atomic E-state index is 12.1. The van der Waals surface area contributed by atoms with E-state index >= 15 is 0 Å². The van der Waals surface area contributed by atoms with Gasteiger partial charge in [0.25, 0.3) is 0 Å². The van der Waals surface area contributed by atoms with Gasteiger partial charge in [0.15, 0.2) is 0 Å². The molecular weight excluding hydrogens is 306 g/mol. The molecule has 0 saturated carbocycles. The molecule has 1 aromatic carbocycles. The molecule has 0 saturated heterocycles. The van der Waals surface area contributed by atoms with Crippen molar-refractivity contribution in [2.75, 3.05) is 7.11 Å². The first kappa shape index (κ1) is 16.7. The first-order chi connectivity index (χ1) is 9.31. The summed E-state index contributed by atoms with van der Waals surface area (Å²) in [5, 5.41) is 9.12. The Morgan fingerprint density at radius 3 is 2.60 bits per heavy atom. The standard InChI is InChI=1S/C12H16ClNO5S/c1-3-4-10(12(15)16)14-20(17,18)8-5-6-11(19-2)9(13)7-8/h5-7,10,14H,3-4H2,1-2H3,(H,15,16). The fourth-order valence-electron chi connectivity index (χ4n) is 1.59. The highest BCUT2D eigenvalue weighted by Gasteiger charge is 2.25. The predicted octanol–water partition coefficient (Wildman–Crippen LogP) is 1.88. The van der Waals surface area contributed by atoms with Crippen LogP contribution in [-0.2, 0) is 14.8 Å². The van der Waals surface area contributed by atoms with Crippen molar-refractivity contribution < 1.29 is 23.1 Å². The number of hydrogen-bond acceptors (Lipinski definition) is 4. The lowest BCUT2D eigenvalue weighted by atomic mass is 10.2. The molecular formula is C12H16ClNO5S. The van der Waals surface area contributed by atoms with Crippen molar-refractivity contribution in [3.05, 3.63) is 23.2 Å². The van der Waals surface area contributed by atoms with Gasteiger partial charge in [0.1, 0.15) is 11.8 Å². The molecule has 0 fully saturated rings. The summed E-state index contributed by atoms with van der Waals surface area (Å²) in [6.45, 7) is 1.77. The van der Waals surface area contributed by atoms with E-state index in [1.54, 1.807) is 6.92 Å². The van der Waals surface area contributed by atoms with E-state index in [0.717, 1.165) is 0 Å². The molecule has 112 valence electrons. The third-order valence-corrected chi connectivity index (χ3v) is 4.37. The van der Waals surface area contributed by atoms with Crippen LogP contribution in [0, 0.1) is 0 Å². The van der Waals surface area contributed by atoms with E-state index in [4.69, 9.17) is 21.4 Å². The number of methoxy groups -OCH3 is 1. The Balaban J connectivity index is 3.04. The van der Waals surface area contributed by atoms with Crippen LogP contribution in [0.4, 0.5) is 0 Å². The Bertz CT molecular complexity index is 588. The molecule has 0 spiro atoms. The predicted molar refractivity (Wildman–Crippen MR) is 74.7 cm³/mol. The van der Waals surface area contributed by atoms with Crippen molar-refractivity contribution in [1.29, 1.82) is 0 Å². The molecule has 1 atom stereocenters.